The van der Waals surface area contributed by atoms with Crippen molar-refractivity contribution in [3.8, 4) is 0 Å². The van der Waals surface area contributed by atoms with Crippen LogP contribution >= 0.6 is 0 Å². The number of amides is 2. The summed E-state index contributed by atoms with van der Waals surface area (Å²) in [7, 11) is -4.45. The van der Waals surface area contributed by atoms with E-state index in [0.29, 0.717) is 0 Å². The van der Waals surface area contributed by atoms with E-state index in [4.69, 9.17) is 16.9 Å². The smallest absolute Gasteiger partial charge is 0.289 e. The minimum Gasteiger partial charge on any atom is -0.370 e. The molecule has 0 aliphatic heterocycles. The molecule has 0 aliphatic carbocycles. The molecule has 0 unspecified atom stereocenters. The predicted molar refractivity (Wildman–Crippen MR) is 131 cm³/mol. The van der Waals surface area contributed by atoms with Gasteiger partial charge in [0.1, 0.15) is 12.1 Å². The molecule has 194 valence electrons. The molecule has 0 radical (unpaired) electrons. The van der Waals surface area contributed by atoms with Gasteiger partial charge in [-0.1, -0.05) is 42.5 Å². The Hall–Kier alpha value is -4.08. The number of nitro benzene ring substituents is 1. The maximum Gasteiger partial charge on any atom is 0.289 e. The highest BCUT2D eigenvalue weighted by atomic mass is 32.2. The fraction of sp³-hybridized carbons (Fsp3) is 0.286. The molecule has 2 amide bonds. The Bertz CT molecular complexity index is 1190. The molecule has 0 heterocycles. The topological polar surface area (TPSA) is 235 Å². The average molecular weight is 521 g/mol. The number of benzene rings is 2. The fourth-order valence-corrected chi connectivity index (χ4v) is 4.26. The van der Waals surface area contributed by atoms with E-state index >= 15 is 0 Å². The van der Waals surface area contributed by atoms with E-state index in [1.165, 1.54) is 12.1 Å². The summed E-state index contributed by atoms with van der Waals surface area (Å²) in [5, 5.41) is 23.5. The second-order valence-electron chi connectivity index (χ2n) is 7.66. The number of nitrogens with one attached hydrogen (secondary N) is 5. The number of guanidine groups is 1. The maximum absolute atomic E-state index is 13.0. The average Bonchev–Trinajstić information content (AvgIpc) is 2.83. The first-order chi connectivity index (χ1) is 17.0. The van der Waals surface area contributed by atoms with Crippen molar-refractivity contribution in [2.75, 3.05) is 6.54 Å². The van der Waals surface area contributed by atoms with Crippen molar-refractivity contribution in [1.29, 1.82) is 5.41 Å². The number of hydrogen-bond donors (Lipinski definition) is 7. The lowest BCUT2D eigenvalue weighted by atomic mass is 10.0. The first-order valence-electron chi connectivity index (χ1n) is 10.7. The Morgan fingerprint density at radius 2 is 1.67 bits per heavy atom. The van der Waals surface area contributed by atoms with Crippen molar-refractivity contribution < 1.29 is 22.9 Å². The van der Waals surface area contributed by atoms with Gasteiger partial charge < -0.3 is 22.1 Å². The molecule has 36 heavy (non-hydrogen) atoms. The van der Waals surface area contributed by atoms with Crippen LogP contribution in [0.3, 0.4) is 0 Å². The summed E-state index contributed by atoms with van der Waals surface area (Å²) in [6.07, 6.45) is 0.433. The van der Waals surface area contributed by atoms with E-state index < -0.39 is 49.4 Å². The molecule has 0 spiro atoms. The Morgan fingerprint density at radius 1 is 1.03 bits per heavy atom. The van der Waals surface area contributed by atoms with Crippen molar-refractivity contribution in [3.05, 3.63) is 70.3 Å². The SMILES string of the molecule is N=C(N)NCCC[C@H](NNS(=O)(=O)c1ccccc1[N+](=O)[O-])C(=O)N[C@@H](Cc1ccccc1)C(N)=O. The molecule has 14 nitrogen and oxygen atoms in total. The number of nitrogens with two attached hydrogens (primary N) is 2. The van der Waals surface area contributed by atoms with Gasteiger partial charge in [-0.15, -0.1) is 4.83 Å². The zero-order valence-electron chi connectivity index (χ0n) is 19.1. The van der Waals surface area contributed by atoms with E-state index in [1.807, 2.05) is 4.83 Å². The van der Waals surface area contributed by atoms with Crippen LogP contribution in [0.2, 0.25) is 0 Å². The molecule has 0 aliphatic rings. The standard InChI is InChI=1S/C21H28N8O6S/c22-19(30)16(13-14-7-2-1-3-8-14)26-20(31)15(9-6-12-25-21(23)24)27-28-36(34,35)18-11-5-4-10-17(18)29(32)33/h1-5,7-8,10-11,15-16,27-28H,6,9,12-13H2,(H2,22,30)(H,26,31)(H4,23,24,25)/t15-,16-/m0/s1. The molecular weight excluding hydrogens is 492 g/mol. The zero-order chi connectivity index (χ0) is 26.7. The third-order valence-electron chi connectivity index (χ3n) is 4.96. The molecular formula is C21H28N8O6S. The molecule has 0 saturated carbocycles. The van der Waals surface area contributed by atoms with Crippen LogP contribution in [0.4, 0.5) is 5.69 Å². The van der Waals surface area contributed by atoms with Crippen LogP contribution in [-0.2, 0) is 26.0 Å². The number of hydrogen-bond acceptors (Lipinski definition) is 8. The number of nitrogens with zero attached hydrogens (tertiary/aromatic N) is 1. The summed E-state index contributed by atoms with van der Waals surface area (Å²) in [6, 6.07) is 11.3. The molecule has 0 fully saturated rings. The van der Waals surface area contributed by atoms with Crippen LogP contribution in [0.5, 0.6) is 0 Å². The summed E-state index contributed by atoms with van der Waals surface area (Å²) in [6.45, 7) is 0.209. The second-order valence-corrected chi connectivity index (χ2v) is 9.31. The molecule has 0 bridgehead atoms. The van der Waals surface area contributed by atoms with Crippen molar-refractivity contribution in [2.45, 2.75) is 36.2 Å². The lowest BCUT2D eigenvalue weighted by molar-refractivity contribution is -0.387. The molecule has 15 heteroatoms. The monoisotopic (exact) mass is 520 g/mol. The number of primary amides is 1. The Morgan fingerprint density at radius 3 is 2.28 bits per heavy atom. The quantitative estimate of drug-likeness (QED) is 0.0543. The minimum atomic E-state index is -4.45. The lowest BCUT2D eigenvalue weighted by Crippen LogP contribution is -2.56. The van der Waals surface area contributed by atoms with Crippen LogP contribution in [0.1, 0.15) is 18.4 Å². The highest BCUT2D eigenvalue weighted by Gasteiger charge is 2.29. The van der Waals surface area contributed by atoms with Gasteiger partial charge in [-0.05, 0) is 24.5 Å². The summed E-state index contributed by atoms with van der Waals surface area (Å²) >= 11 is 0. The third kappa shape index (κ3) is 8.61. The van der Waals surface area contributed by atoms with E-state index in [-0.39, 0.29) is 31.8 Å². The first-order valence-corrected chi connectivity index (χ1v) is 12.2. The highest BCUT2D eigenvalue weighted by molar-refractivity contribution is 7.89. The maximum atomic E-state index is 13.0. The van der Waals surface area contributed by atoms with E-state index in [9.17, 15) is 28.1 Å². The van der Waals surface area contributed by atoms with Crippen molar-refractivity contribution >= 4 is 33.5 Å². The van der Waals surface area contributed by atoms with Gasteiger partial charge in [-0.2, -0.15) is 0 Å². The number of para-hydroxylation sites is 1. The van der Waals surface area contributed by atoms with Gasteiger partial charge in [0.2, 0.25) is 11.8 Å². The molecule has 9 N–H and O–H groups in total. The number of rotatable bonds is 14. The van der Waals surface area contributed by atoms with Gasteiger partial charge in [-0.25, -0.2) is 13.8 Å². The Labute approximate surface area is 207 Å². The number of sulfonamides is 1. The van der Waals surface area contributed by atoms with Gasteiger partial charge in [-0.3, -0.25) is 25.1 Å². The summed E-state index contributed by atoms with van der Waals surface area (Å²) < 4.78 is 25.5. The Balaban J connectivity index is 2.18. The fourth-order valence-electron chi connectivity index (χ4n) is 3.18. The number of carbonyl (C=O) groups is 2. The normalized spacial score (nSPS) is 12.8. The van der Waals surface area contributed by atoms with E-state index in [2.05, 4.69) is 16.1 Å². The van der Waals surface area contributed by atoms with Crippen molar-refractivity contribution in [1.82, 2.24) is 20.9 Å². The van der Waals surface area contributed by atoms with Gasteiger partial charge in [0, 0.05) is 19.0 Å². The van der Waals surface area contributed by atoms with Crippen molar-refractivity contribution in [2.24, 2.45) is 11.5 Å². The molecule has 0 aromatic heterocycles. The first kappa shape index (κ1) is 28.2. The second kappa shape index (κ2) is 13.1. The molecule has 0 saturated heterocycles. The van der Waals surface area contributed by atoms with Crippen LogP contribution < -0.4 is 32.4 Å². The molecule has 2 atom stereocenters. The highest BCUT2D eigenvalue weighted by Crippen LogP contribution is 2.22. The van der Waals surface area contributed by atoms with Crippen molar-refractivity contribution in [3.63, 3.8) is 0 Å². The van der Waals surface area contributed by atoms with E-state index in [1.54, 1.807) is 30.3 Å². The molecule has 2 aromatic carbocycles. The summed E-state index contributed by atoms with van der Waals surface area (Å²) in [5.41, 5.74) is 13.2. The summed E-state index contributed by atoms with van der Waals surface area (Å²) in [4.78, 5) is 36.8. The van der Waals surface area contributed by atoms with Gasteiger partial charge >= 0.3 is 0 Å². The van der Waals surface area contributed by atoms with Gasteiger partial charge in [0.25, 0.3) is 15.7 Å². The number of hydrazine groups is 1. The van der Waals surface area contributed by atoms with Gasteiger partial charge in [0.05, 0.1) is 4.92 Å². The van der Waals surface area contributed by atoms with E-state index in [0.717, 1.165) is 17.7 Å². The minimum absolute atomic E-state index is 0.0440. The zero-order valence-corrected chi connectivity index (χ0v) is 20.0. The summed E-state index contributed by atoms with van der Waals surface area (Å²) in [5.74, 6) is -1.80. The van der Waals surface area contributed by atoms with Crippen LogP contribution in [0.15, 0.2) is 59.5 Å². The molecule has 2 rings (SSSR count). The van der Waals surface area contributed by atoms with Crippen LogP contribution in [0.25, 0.3) is 0 Å². The number of nitro groups is 1. The third-order valence-corrected chi connectivity index (χ3v) is 6.27. The Kier molecular flexibility index (Phi) is 10.3. The van der Waals surface area contributed by atoms with Gasteiger partial charge in [0.15, 0.2) is 10.9 Å². The number of carbonyl (C=O) groups excluding carboxylic acids is 2. The van der Waals surface area contributed by atoms with Crippen LogP contribution in [0, 0.1) is 15.5 Å². The largest absolute Gasteiger partial charge is 0.370 e. The lowest BCUT2D eigenvalue weighted by Gasteiger charge is -2.22. The predicted octanol–water partition coefficient (Wildman–Crippen LogP) is -0.778. The molecule has 2 aromatic rings. The van der Waals surface area contributed by atoms with Crippen LogP contribution in [-0.4, -0.2) is 49.7 Å².